The summed E-state index contributed by atoms with van der Waals surface area (Å²) < 4.78 is 429. The summed E-state index contributed by atoms with van der Waals surface area (Å²) in [6, 6.07) is 0. The van der Waals surface area contributed by atoms with Gasteiger partial charge in [0.1, 0.15) is 0 Å². The summed E-state index contributed by atoms with van der Waals surface area (Å²) in [4.78, 5) is 9.72. The normalized spacial score (nSPS) is 16.5. The Bertz CT molecular complexity index is 1480. The van der Waals surface area contributed by atoms with Crippen molar-refractivity contribution in [3.8, 4) is 0 Å². The lowest BCUT2D eigenvalue weighted by Gasteiger charge is -2.42. The molecule has 38 heteroatoms. The van der Waals surface area contributed by atoms with Crippen LogP contribution in [0.3, 0.4) is 0 Å². The van der Waals surface area contributed by atoms with E-state index in [0.717, 1.165) is 0 Å². The van der Waals surface area contributed by atoms with E-state index in [1.54, 1.807) is 0 Å². The third-order valence-corrected chi connectivity index (χ3v) is 6.52. The van der Waals surface area contributed by atoms with Gasteiger partial charge in [0.25, 0.3) is 0 Å². The highest BCUT2D eigenvalue weighted by atomic mass is 32.2. The maximum atomic E-state index is 13.0. The van der Waals surface area contributed by atoms with E-state index in [9.17, 15) is 154 Å². The molecule has 0 atom stereocenters. The molecule has 0 fully saturated rings. The van der Waals surface area contributed by atoms with Gasteiger partial charge < -0.3 is 5.11 Å². The lowest BCUT2D eigenvalue weighted by Crippen LogP contribution is -2.74. The van der Waals surface area contributed by atoms with Crippen molar-refractivity contribution in [3.05, 3.63) is 0 Å². The summed E-state index contributed by atoms with van der Waals surface area (Å²) in [5.74, 6) is -105. The predicted octanol–water partition coefficient (Wildman–Crippen LogP) is 9.29. The summed E-state index contributed by atoms with van der Waals surface area (Å²) >= 11 is 0. The molecule has 2 N–H and O–H groups in total. The largest absolute Gasteiger partial charge is 0.477 e. The zero-order valence-electron chi connectivity index (χ0n) is 22.6. The average molecular weight is 914 g/mol. The number of hydrogen-bond donors (Lipinski definition) is 2. The van der Waals surface area contributed by atoms with Crippen LogP contribution < -0.4 is 0 Å². The molecule has 0 rings (SSSR count). The van der Waals surface area contributed by atoms with Crippen LogP contribution in [-0.2, 0) is 14.9 Å². The van der Waals surface area contributed by atoms with Crippen LogP contribution in [0.2, 0.25) is 0 Å². The summed E-state index contributed by atoms with van der Waals surface area (Å²) in [7, 11) is -7.89. The van der Waals surface area contributed by atoms with Crippen molar-refractivity contribution in [1.29, 1.82) is 0 Å². The number of alkyl halides is 32. The molecule has 0 aromatic carbocycles. The number of halogens is 32. The molecule has 0 saturated heterocycles. The van der Waals surface area contributed by atoms with E-state index in [0.29, 0.717) is 0 Å². The van der Waals surface area contributed by atoms with Gasteiger partial charge in [-0.15, -0.1) is 0 Å². The van der Waals surface area contributed by atoms with Gasteiger partial charge in [0, 0.05) is 0 Å². The Hall–Kier alpha value is -2.86. The predicted molar refractivity (Wildman–Crippen MR) is 95.6 cm³/mol. The summed E-state index contributed by atoms with van der Waals surface area (Å²) in [6.07, 6.45) is -15.6. The third-order valence-electron chi connectivity index (χ3n) is 5.61. The number of aliphatic carboxylic acids is 1. The van der Waals surface area contributed by atoms with E-state index >= 15 is 0 Å². The summed E-state index contributed by atoms with van der Waals surface area (Å²) in [5.41, 5.74) is 0. The minimum Gasteiger partial charge on any atom is -0.477 e. The fraction of sp³-hybridized carbons (Fsp3) is 0.938. The zero-order valence-corrected chi connectivity index (χ0v) is 23.4. The molecule has 0 unspecified atom stereocenters. The molecule has 5 nitrogen and oxygen atoms in total. The van der Waals surface area contributed by atoms with E-state index in [1.807, 2.05) is 0 Å². The van der Waals surface area contributed by atoms with Gasteiger partial charge in [-0.3, -0.25) is 4.55 Å². The second-order valence-electron chi connectivity index (χ2n) is 9.19. The summed E-state index contributed by atoms with van der Waals surface area (Å²) in [6.45, 7) is 0. The van der Waals surface area contributed by atoms with E-state index in [4.69, 9.17) is 9.66 Å². The fourth-order valence-electron chi connectivity index (χ4n) is 2.41. The maximum Gasteiger partial charge on any atom is 0.460 e. The number of carbonyl (C=O) groups is 1. The molecule has 0 aromatic rings. The van der Waals surface area contributed by atoms with Crippen LogP contribution >= 0.6 is 0 Å². The molecule has 54 heavy (non-hydrogen) atoms. The zero-order chi connectivity index (χ0) is 45.6. The first kappa shape index (κ1) is 53.2. The minimum atomic E-state index is -8.89. The molecule has 0 spiro atoms. The molecule has 0 amide bonds. The molecular formula is C16H2F32O5S. The molecule has 0 bridgehead atoms. The molecule has 0 saturated carbocycles. The molecule has 326 valence electrons. The van der Waals surface area contributed by atoms with Gasteiger partial charge in [0.05, 0.1) is 0 Å². The minimum absolute atomic E-state index is 4.28. The van der Waals surface area contributed by atoms with Crippen LogP contribution in [0.4, 0.5) is 140 Å². The van der Waals surface area contributed by atoms with Gasteiger partial charge in [-0.25, -0.2) is 4.79 Å². The highest BCUT2D eigenvalue weighted by Crippen LogP contribution is 2.65. The SMILES string of the molecule is O=C(O)C(F)(F)C(F)(F)C(F)(F)C(F)(F)C(F)(F)C(F)(F)C(F)(F)F.O=S(=O)(O)C(F)(F)C(F)(F)C(F)(F)C(F)(F)C(F)(F)C(F)(F)C(F)(F)C(F)(F)F. The number of hydrogen-bond acceptors (Lipinski definition) is 3. The second kappa shape index (κ2) is 13.1. The van der Waals surface area contributed by atoms with Crippen LogP contribution in [0.5, 0.6) is 0 Å². The van der Waals surface area contributed by atoms with Gasteiger partial charge in [-0.2, -0.15) is 149 Å². The van der Waals surface area contributed by atoms with Crippen LogP contribution in [0.15, 0.2) is 0 Å². The van der Waals surface area contributed by atoms with Gasteiger partial charge in [-0.1, -0.05) is 0 Å². The van der Waals surface area contributed by atoms with Gasteiger partial charge in [0.2, 0.25) is 0 Å². The van der Waals surface area contributed by atoms with Crippen LogP contribution in [0.1, 0.15) is 0 Å². The van der Waals surface area contributed by atoms with E-state index in [2.05, 4.69) is 0 Å². The van der Waals surface area contributed by atoms with Crippen molar-refractivity contribution in [1.82, 2.24) is 0 Å². The standard InChI is InChI=1S/C8HF17O3S.C8HF15O2/c9-1(10,3(13,14)5(17,18)7(21,22)23)2(11,12)4(15,16)6(19,20)8(24,25)29(26,27)28;9-2(10,1(24)25)3(11,12)4(13,14)5(15,16)6(17,18)7(19,20)8(21,22)23/h(H,26,27,28);(H,24,25). The van der Waals surface area contributed by atoms with Gasteiger partial charge >= 0.3 is 105 Å². The highest BCUT2D eigenvalue weighted by Gasteiger charge is 2.97. The molecule has 0 aliphatic rings. The maximum absolute atomic E-state index is 13.0. The quantitative estimate of drug-likeness (QED) is 0.142. The van der Waals surface area contributed by atoms with Crippen molar-refractivity contribution < 1.29 is 163 Å². The average Bonchev–Trinajstić information content (AvgIpc) is 2.90. The van der Waals surface area contributed by atoms with Crippen LogP contribution in [0.25, 0.3) is 0 Å². The number of rotatable bonds is 13. The Balaban J connectivity index is 0. The number of carboxylic acids is 1. The highest BCUT2D eigenvalue weighted by molar-refractivity contribution is 7.87. The number of carboxylic acid groups (broad SMARTS) is 1. The third kappa shape index (κ3) is 6.83. The molecule has 0 heterocycles. The monoisotopic (exact) mass is 914 g/mol. The lowest BCUT2D eigenvalue weighted by molar-refractivity contribution is -0.458. The molecular weight excluding hydrogens is 912 g/mol. The summed E-state index contributed by atoms with van der Waals surface area (Å²) in [5, 5.41) is -0.268. The molecule has 0 radical (unpaired) electrons. The fourth-order valence-corrected chi connectivity index (χ4v) is 2.86. The Morgan fingerprint density at radius 3 is 0.648 bits per heavy atom. The molecule has 0 aliphatic carbocycles. The molecule has 0 aliphatic heterocycles. The Labute approximate surface area is 269 Å². The topological polar surface area (TPSA) is 91.7 Å². The second-order valence-corrected chi connectivity index (χ2v) is 10.6. The van der Waals surface area contributed by atoms with E-state index < -0.39 is 105 Å². The Morgan fingerprint density at radius 2 is 0.481 bits per heavy atom. The Kier molecular flexibility index (Phi) is 12.9. The van der Waals surface area contributed by atoms with Gasteiger partial charge in [-0.05, 0) is 0 Å². The Morgan fingerprint density at radius 1 is 0.315 bits per heavy atom. The van der Waals surface area contributed by atoms with Crippen molar-refractivity contribution in [3.63, 3.8) is 0 Å². The first-order valence-corrected chi connectivity index (χ1v) is 12.1. The van der Waals surface area contributed by atoms with Crippen molar-refractivity contribution >= 4 is 16.1 Å². The van der Waals surface area contributed by atoms with E-state index in [1.165, 1.54) is 0 Å². The first-order chi connectivity index (χ1) is 22.4. The van der Waals surface area contributed by atoms with Crippen LogP contribution in [-0.4, -0.2) is 113 Å². The van der Waals surface area contributed by atoms with Crippen molar-refractivity contribution in [2.24, 2.45) is 0 Å². The first-order valence-electron chi connectivity index (χ1n) is 10.7. The van der Waals surface area contributed by atoms with Crippen molar-refractivity contribution in [2.75, 3.05) is 0 Å². The molecule has 0 aromatic heterocycles. The van der Waals surface area contributed by atoms with E-state index in [-0.39, 0.29) is 0 Å². The van der Waals surface area contributed by atoms with Crippen molar-refractivity contribution in [2.45, 2.75) is 88.7 Å². The van der Waals surface area contributed by atoms with Crippen LogP contribution in [0, 0.1) is 0 Å². The smallest absolute Gasteiger partial charge is 0.460 e. The lowest BCUT2D eigenvalue weighted by atomic mass is 9.91. The van der Waals surface area contributed by atoms with Gasteiger partial charge in [0.15, 0.2) is 0 Å².